The van der Waals surface area contributed by atoms with Gasteiger partial charge in [-0.25, -0.2) is 0 Å². The van der Waals surface area contributed by atoms with Gasteiger partial charge in [0.05, 0.1) is 5.25 Å². The highest BCUT2D eigenvalue weighted by atomic mass is 32.2. The first-order valence-corrected chi connectivity index (χ1v) is 10.3. The molecule has 1 unspecified atom stereocenters. The molecule has 3 aromatic carbocycles. The monoisotopic (exact) mass is 404 g/mol. The zero-order valence-electron chi connectivity index (χ0n) is 16.7. The van der Waals surface area contributed by atoms with Crippen LogP contribution in [0.3, 0.4) is 0 Å². The summed E-state index contributed by atoms with van der Waals surface area (Å²) < 4.78 is 0. The van der Waals surface area contributed by atoms with E-state index < -0.39 is 0 Å². The summed E-state index contributed by atoms with van der Waals surface area (Å²) in [5.74, 6) is -0.203. The van der Waals surface area contributed by atoms with Crippen molar-refractivity contribution >= 4 is 35.0 Å². The van der Waals surface area contributed by atoms with Crippen molar-refractivity contribution in [2.24, 2.45) is 0 Å². The molecular weight excluding hydrogens is 380 g/mol. The summed E-state index contributed by atoms with van der Waals surface area (Å²) in [6.45, 7) is 5.77. The van der Waals surface area contributed by atoms with Crippen molar-refractivity contribution in [1.82, 2.24) is 0 Å². The van der Waals surface area contributed by atoms with Gasteiger partial charge in [0, 0.05) is 21.8 Å². The van der Waals surface area contributed by atoms with Crippen molar-refractivity contribution < 1.29 is 9.59 Å². The van der Waals surface area contributed by atoms with Crippen molar-refractivity contribution in [2.45, 2.75) is 30.9 Å². The lowest BCUT2D eigenvalue weighted by Crippen LogP contribution is -2.22. The summed E-state index contributed by atoms with van der Waals surface area (Å²) in [4.78, 5) is 26.0. The maximum Gasteiger partial charge on any atom is 0.255 e. The highest BCUT2D eigenvalue weighted by Crippen LogP contribution is 2.27. The number of hydrogen-bond donors (Lipinski definition) is 2. The van der Waals surface area contributed by atoms with E-state index in [9.17, 15) is 9.59 Å². The minimum absolute atomic E-state index is 0.0602. The number of rotatable bonds is 6. The van der Waals surface area contributed by atoms with E-state index in [1.807, 2.05) is 87.5 Å². The highest BCUT2D eigenvalue weighted by Gasteiger charge is 2.15. The molecule has 2 amide bonds. The van der Waals surface area contributed by atoms with Crippen LogP contribution in [0.1, 0.15) is 28.4 Å². The Morgan fingerprint density at radius 1 is 0.828 bits per heavy atom. The summed E-state index contributed by atoms with van der Waals surface area (Å²) in [7, 11) is 0. The number of carbonyl (C=O) groups is 2. The van der Waals surface area contributed by atoms with E-state index in [1.54, 1.807) is 6.07 Å². The topological polar surface area (TPSA) is 58.2 Å². The van der Waals surface area contributed by atoms with Gasteiger partial charge in [-0.3, -0.25) is 9.59 Å². The summed E-state index contributed by atoms with van der Waals surface area (Å²) in [5.41, 5.74) is 4.17. The van der Waals surface area contributed by atoms with Gasteiger partial charge in [-0.05, 0) is 68.3 Å². The second kappa shape index (κ2) is 9.43. The van der Waals surface area contributed by atoms with Gasteiger partial charge < -0.3 is 10.6 Å². The molecule has 0 aromatic heterocycles. The first kappa shape index (κ1) is 20.7. The number of nitrogens with one attached hydrogen (secondary N) is 2. The number of carbonyl (C=O) groups excluding carboxylic acids is 2. The van der Waals surface area contributed by atoms with E-state index >= 15 is 0 Å². The third-order valence-electron chi connectivity index (χ3n) is 4.45. The van der Waals surface area contributed by atoms with Crippen LogP contribution in [-0.4, -0.2) is 17.1 Å². The van der Waals surface area contributed by atoms with Gasteiger partial charge in [0.1, 0.15) is 0 Å². The van der Waals surface area contributed by atoms with E-state index in [4.69, 9.17) is 0 Å². The van der Waals surface area contributed by atoms with Gasteiger partial charge in [-0.2, -0.15) is 0 Å². The number of hydrogen-bond acceptors (Lipinski definition) is 3. The first-order valence-electron chi connectivity index (χ1n) is 9.43. The Labute approximate surface area is 175 Å². The molecule has 0 bridgehead atoms. The van der Waals surface area contributed by atoms with Gasteiger partial charge in [0.25, 0.3) is 5.91 Å². The average molecular weight is 405 g/mol. The van der Waals surface area contributed by atoms with Crippen molar-refractivity contribution in [1.29, 1.82) is 0 Å². The predicted octanol–water partition coefficient (Wildman–Crippen LogP) is 5.68. The summed E-state index contributed by atoms with van der Waals surface area (Å²) in [5, 5.41) is 5.60. The molecule has 0 aliphatic heterocycles. The molecule has 0 spiro atoms. The molecule has 0 saturated heterocycles. The van der Waals surface area contributed by atoms with Crippen LogP contribution < -0.4 is 10.6 Å². The fraction of sp³-hybridized carbons (Fsp3) is 0.167. The number of amides is 2. The van der Waals surface area contributed by atoms with Crippen LogP contribution in [0.25, 0.3) is 0 Å². The highest BCUT2D eigenvalue weighted by molar-refractivity contribution is 8.00. The lowest BCUT2D eigenvalue weighted by molar-refractivity contribution is -0.115. The van der Waals surface area contributed by atoms with E-state index in [-0.39, 0.29) is 17.1 Å². The molecule has 0 radical (unpaired) electrons. The van der Waals surface area contributed by atoms with Gasteiger partial charge in [0.15, 0.2) is 0 Å². The largest absolute Gasteiger partial charge is 0.325 e. The second-order valence-electron chi connectivity index (χ2n) is 6.92. The Bertz CT molecular complexity index is 1030. The number of aryl methyl sites for hydroxylation is 2. The van der Waals surface area contributed by atoms with Gasteiger partial charge >= 0.3 is 0 Å². The maximum absolute atomic E-state index is 12.5. The second-order valence-corrected chi connectivity index (χ2v) is 8.33. The summed E-state index contributed by atoms with van der Waals surface area (Å²) >= 11 is 1.45. The Hall–Kier alpha value is -3.05. The molecule has 0 heterocycles. The molecule has 148 valence electrons. The number of anilines is 2. The molecule has 0 aliphatic carbocycles. The fourth-order valence-electron chi connectivity index (χ4n) is 2.90. The molecule has 1 atom stereocenters. The molecule has 0 aliphatic rings. The van der Waals surface area contributed by atoms with E-state index in [2.05, 4.69) is 10.6 Å². The normalized spacial score (nSPS) is 11.6. The van der Waals surface area contributed by atoms with Crippen molar-refractivity contribution in [3.8, 4) is 0 Å². The molecule has 0 fully saturated rings. The van der Waals surface area contributed by atoms with Gasteiger partial charge in [-0.1, -0.05) is 36.4 Å². The Morgan fingerprint density at radius 3 is 2.24 bits per heavy atom. The average Bonchev–Trinajstić information content (AvgIpc) is 2.68. The first-order chi connectivity index (χ1) is 13.9. The lowest BCUT2D eigenvalue weighted by Gasteiger charge is -2.13. The van der Waals surface area contributed by atoms with Crippen LogP contribution in [0.5, 0.6) is 0 Å². The van der Waals surface area contributed by atoms with Crippen LogP contribution in [0, 0.1) is 13.8 Å². The fourth-order valence-corrected chi connectivity index (χ4v) is 3.82. The predicted molar refractivity (Wildman–Crippen MR) is 121 cm³/mol. The molecule has 0 saturated carbocycles. The molecule has 2 N–H and O–H groups in total. The van der Waals surface area contributed by atoms with Crippen molar-refractivity contribution in [3.05, 3.63) is 89.5 Å². The zero-order valence-corrected chi connectivity index (χ0v) is 17.5. The van der Waals surface area contributed by atoms with Crippen LogP contribution in [-0.2, 0) is 4.79 Å². The summed E-state index contributed by atoms with van der Waals surface area (Å²) in [6, 6.07) is 22.8. The molecule has 29 heavy (non-hydrogen) atoms. The maximum atomic E-state index is 12.5. The molecular formula is C24H24N2O2S. The van der Waals surface area contributed by atoms with Crippen LogP contribution >= 0.6 is 11.8 Å². The standard InChI is InChI=1S/C24H24N2O2S/c1-16-8-6-10-19(14-16)25-23(27)18(3)29-21-12-7-11-20(15-21)26-24(28)22-13-5-4-9-17(22)2/h4-15,18H,1-3H3,(H,25,27)(H,26,28). The smallest absolute Gasteiger partial charge is 0.255 e. The molecule has 3 aromatic rings. The van der Waals surface area contributed by atoms with Crippen LogP contribution in [0.4, 0.5) is 11.4 Å². The van der Waals surface area contributed by atoms with E-state index in [1.165, 1.54) is 11.8 Å². The zero-order chi connectivity index (χ0) is 20.8. The SMILES string of the molecule is Cc1cccc(NC(=O)C(C)Sc2cccc(NC(=O)c3ccccc3C)c2)c1. The minimum Gasteiger partial charge on any atom is -0.325 e. The third-order valence-corrected chi connectivity index (χ3v) is 5.54. The van der Waals surface area contributed by atoms with Crippen molar-refractivity contribution in [3.63, 3.8) is 0 Å². The van der Waals surface area contributed by atoms with Crippen LogP contribution in [0.15, 0.2) is 77.7 Å². The Balaban J connectivity index is 1.64. The molecule has 3 rings (SSSR count). The lowest BCUT2D eigenvalue weighted by atomic mass is 10.1. The third kappa shape index (κ3) is 5.72. The minimum atomic E-state index is -0.280. The molecule has 4 nitrogen and oxygen atoms in total. The number of benzene rings is 3. The van der Waals surface area contributed by atoms with Gasteiger partial charge in [-0.15, -0.1) is 11.8 Å². The Kier molecular flexibility index (Phi) is 6.73. The molecule has 5 heteroatoms. The quantitative estimate of drug-likeness (QED) is 0.520. The van der Waals surface area contributed by atoms with E-state index in [0.717, 1.165) is 21.7 Å². The summed E-state index contributed by atoms with van der Waals surface area (Å²) in [6.07, 6.45) is 0. The van der Waals surface area contributed by atoms with E-state index in [0.29, 0.717) is 11.3 Å². The number of thioether (sulfide) groups is 1. The van der Waals surface area contributed by atoms with Crippen molar-refractivity contribution in [2.75, 3.05) is 10.6 Å². The Morgan fingerprint density at radius 2 is 1.52 bits per heavy atom. The van der Waals surface area contributed by atoms with Gasteiger partial charge in [0.2, 0.25) is 5.91 Å². The van der Waals surface area contributed by atoms with Crippen LogP contribution in [0.2, 0.25) is 0 Å².